The van der Waals surface area contributed by atoms with Crippen molar-refractivity contribution in [2.24, 2.45) is 0 Å². The highest BCUT2D eigenvalue weighted by Crippen LogP contribution is 2.15. The molecule has 1 rings (SSSR count). The molecule has 0 radical (unpaired) electrons. The van der Waals surface area contributed by atoms with Crippen LogP contribution in [-0.2, 0) is 0 Å². The van der Waals surface area contributed by atoms with Crippen LogP contribution in [-0.4, -0.2) is 18.7 Å². The highest BCUT2D eigenvalue weighted by Gasteiger charge is 1.94. The number of rotatable bonds is 2. The SMILES string of the molecule is CNCCC#Cc1ccc(O)c(C)c1. The molecule has 2 nitrogen and oxygen atoms in total. The molecule has 0 amide bonds. The zero-order valence-electron chi connectivity index (χ0n) is 8.59. The average molecular weight is 189 g/mol. The topological polar surface area (TPSA) is 32.3 Å². The van der Waals surface area contributed by atoms with E-state index in [4.69, 9.17) is 0 Å². The number of phenolic OH excluding ortho intramolecular Hbond substituents is 1. The van der Waals surface area contributed by atoms with Crippen molar-refractivity contribution < 1.29 is 5.11 Å². The molecule has 1 aromatic rings. The number of benzene rings is 1. The molecule has 74 valence electrons. The third kappa shape index (κ3) is 3.12. The fourth-order valence-corrected chi connectivity index (χ4v) is 1.09. The first kappa shape index (κ1) is 10.6. The predicted octanol–water partition coefficient (Wildman–Crippen LogP) is 1.66. The Morgan fingerprint density at radius 2 is 2.21 bits per heavy atom. The predicted molar refractivity (Wildman–Crippen MR) is 58.3 cm³/mol. The Bertz CT molecular complexity index is 360. The van der Waals surface area contributed by atoms with Crippen molar-refractivity contribution >= 4 is 0 Å². The van der Waals surface area contributed by atoms with Crippen LogP contribution in [0.25, 0.3) is 0 Å². The van der Waals surface area contributed by atoms with Crippen LogP contribution in [0.5, 0.6) is 5.75 Å². The second kappa shape index (κ2) is 5.31. The maximum Gasteiger partial charge on any atom is 0.118 e. The summed E-state index contributed by atoms with van der Waals surface area (Å²) in [5.41, 5.74) is 1.82. The van der Waals surface area contributed by atoms with Crippen LogP contribution >= 0.6 is 0 Å². The number of hydrogen-bond donors (Lipinski definition) is 2. The molecule has 0 heterocycles. The molecule has 0 aromatic heterocycles. The zero-order valence-corrected chi connectivity index (χ0v) is 8.59. The smallest absolute Gasteiger partial charge is 0.118 e. The lowest BCUT2D eigenvalue weighted by Crippen LogP contribution is -2.05. The van der Waals surface area contributed by atoms with E-state index in [1.54, 1.807) is 6.07 Å². The van der Waals surface area contributed by atoms with E-state index < -0.39 is 0 Å². The van der Waals surface area contributed by atoms with Crippen LogP contribution in [0, 0.1) is 18.8 Å². The van der Waals surface area contributed by atoms with Gasteiger partial charge in [-0.1, -0.05) is 11.8 Å². The minimum atomic E-state index is 0.325. The van der Waals surface area contributed by atoms with Gasteiger partial charge in [0.15, 0.2) is 0 Å². The maximum atomic E-state index is 9.30. The van der Waals surface area contributed by atoms with Gasteiger partial charge in [0.1, 0.15) is 5.75 Å². The van der Waals surface area contributed by atoms with Gasteiger partial charge in [-0.05, 0) is 37.7 Å². The molecule has 0 fully saturated rings. The fourth-order valence-electron chi connectivity index (χ4n) is 1.09. The monoisotopic (exact) mass is 189 g/mol. The van der Waals surface area contributed by atoms with Gasteiger partial charge >= 0.3 is 0 Å². The lowest BCUT2D eigenvalue weighted by Gasteiger charge is -1.97. The summed E-state index contributed by atoms with van der Waals surface area (Å²) >= 11 is 0. The quantitative estimate of drug-likeness (QED) is 0.548. The second-order valence-corrected chi connectivity index (χ2v) is 3.16. The molecule has 0 spiro atoms. The van der Waals surface area contributed by atoms with E-state index in [0.717, 1.165) is 24.1 Å². The second-order valence-electron chi connectivity index (χ2n) is 3.16. The molecule has 0 saturated carbocycles. The van der Waals surface area contributed by atoms with Gasteiger partial charge in [0.25, 0.3) is 0 Å². The summed E-state index contributed by atoms with van der Waals surface area (Å²) in [5, 5.41) is 12.3. The summed E-state index contributed by atoms with van der Waals surface area (Å²) in [5.74, 6) is 6.43. The fraction of sp³-hybridized carbons (Fsp3) is 0.333. The van der Waals surface area contributed by atoms with Crippen molar-refractivity contribution in [3.8, 4) is 17.6 Å². The van der Waals surface area contributed by atoms with E-state index in [1.807, 2.05) is 26.1 Å². The van der Waals surface area contributed by atoms with Gasteiger partial charge in [-0.25, -0.2) is 0 Å². The summed E-state index contributed by atoms with van der Waals surface area (Å²) in [7, 11) is 1.91. The van der Waals surface area contributed by atoms with Crippen molar-refractivity contribution in [3.63, 3.8) is 0 Å². The molecule has 1 aromatic carbocycles. The summed E-state index contributed by atoms with van der Waals surface area (Å²) < 4.78 is 0. The number of nitrogens with one attached hydrogen (secondary N) is 1. The van der Waals surface area contributed by atoms with Gasteiger partial charge in [-0.15, -0.1) is 0 Å². The average Bonchev–Trinajstić information content (AvgIpc) is 2.18. The van der Waals surface area contributed by atoms with E-state index in [-0.39, 0.29) is 0 Å². The van der Waals surface area contributed by atoms with E-state index in [2.05, 4.69) is 17.2 Å². The summed E-state index contributed by atoms with van der Waals surface area (Å²) in [6.07, 6.45) is 0.844. The van der Waals surface area contributed by atoms with E-state index in [9.17, 15) is 5.11 Å². The first-order valence-corrected chi connectivity index (χ1v) is 4.67. The Morgan fingerprint density at radius 3 is 2.86 bits per heavy atom. The summed E-state index contributed by atoms with van der Waals surface area (Å²) in [4.78, 5) is 0. The van der Waals surface area contributed by atoms with Crippen molar-refractivity contribution in [2.45, 2.75) is 13.3 Å². The molecule has 14 heavy (non-hydrogen) atoms. The zero-order chi connectivity index (χ0) is 10.4. The minimum absolute atomic E-state index is 0.325. The molecule has 2 heteroatoms. The summed E-state index contributed by atoms with van der Waals surface area (Å²) in [6.45, 7) is 2.78. The molecular formula is C12H15NO. The molecule has 0 saturated heterocycles. The Morgan fingerprint density at radius 1 is 1.43 bits per heavy atom. The number of hydrogen-bond acceptors (Lipinski definition) is 2. The molecular weight excluding hydrogens is 174 g/mol. The maximum absolute atomic E-state index is 9.30. The highest BCUT2D eigenvalue weighted by atomic mass is 16.3. The number of aryl methyl sites for hydroxylation is 1. The molecule has 0 unspecified atom stereocenters. The van der Waals surface area contributed by atoms with Gasteiger partial charge < -0.3 is 10.4 Å². The third-order valence-corrected chi connectivity index (χ3v) is 1.93. The standard InChI is InChI=1S/C12H15NO/c1-10-9-11(6-7-12(10)14)5-3-4-8-13-2/h6-7,9,13-14H,4,8H2,1-2H3. The molecule has 0 aliphatic rings. The van der Waals surface area contributed by atoms with Gasteiger partial charge in [0.05, 0.1) is 0 Å². The normalized spacial score (nSPS) is 9.29. The highest BCUT2D eigenvalue weighted by molar-refractivity contribution is 5.42. The van der Waals surface area contributed by atoms with Crippen LogP contribution in [0.4, 0.5) is 0 Å². The van der Waals surface area contributed by atoms with Gasteiger partial charge in [0.2, 0.25) is 0 Å². The molecule has 2 N–H and O–H groups in total. The van der Waals surface area contributed by atoms with Crippen LogP contribution in [0.15, 0.2) is 18.2 Å². The Labute approximate surface area is 85.0 Å². The van der Waals surface area contributed by atoms with E-state index in [0.29, 0.717) is 5.75 Å². The number of phenols is 1. The van der Waals surface area contributed by atoms with E-state index >= 15 is 0 Å². The largest absolute Gasteiger partial charge is 0.508 e. The Balaban J connectivity index is 2.66. The van der Waals surface area contributed by atoms with Gasteiger partial charge in [-0.2, -0.15) is 0 Å². The van der Waals surface area contributed by atoms with Gasteiger partial charge in [-0.3, -0.25) is 0 Å². The molecule has 0 atom stereocenters. The molecule has 0 bridgehead atoms. The van der Waals surface area contributed by atoms with Crippen LogP contribution in [0.2, 0.25) is 0 Å². The van der Waals surface area contributed by atoms with Crippen molar-refractivity contribution in [2.75, 3.05) is 13.6 Å². The van der Waals surface area contributed by atoms with Crippen LogP contribution in [0.1, 0.15) is 17.5 Å². The molecule has 0 aliphatic heterocycles. The molecule has 0 aliphatic carbocycles. The van der Waals surface area contributed by atoms with E-state index in [1.165, 1.54) is 0 Å². The first-order chi connectivity index (χ1) is 6.74. The first-order valence-electron chi connectivity index (χ1n) is 4.67. The van der Waals surface area contributed by atoms with Crippen LogP contribution in [0.3, 0.4) is 0 Å². The van der Waals surface area contributed by atoms with Crippen LogP contribution < -0.4 is 5.32 Å². The third-order valence-electron chi connectivity index (χ3n) is 1.93. The van der Waals surface area contributed by atoms with Gasteiger partial charge in [0, 0.05) is 18.5 Å². The van der Waals surface area contributed by atoms with Crippen molar-refractivity contribution in [1.82, 2.24) is 5.32 Å². The van der Waals surface area contributed by atoms with Crippen molar-refractivity contribution in [1.29, 1.82) is 0 Å². The Kier molecular flexibility index (Phi) is 4.03. The lowest BCUT2D eigenvalue weighted by atomic mass is 10.1. The lowest BCUT2D eigenvalue weighted by molar-refractivity contribution is 0.471. The minimum Gasteiger partial charge on any atom is -0.508 e. The number of aromatic hydroxyl groups is 1. The summed E-state index contributed by atoms with van der Waals surface area (Å²) in [6, 6.07) is 5.40. The van der Waals surface area contributed by atoms with Crippen molar-refractivity contribution in [3.05, 3.63) is 29.3 Å². The Hall–Kier alpha value is -1.46.